The topological polar surface area (TPSA) is 93.5 Å². The molecule has 1 aromatic heterocycles. The predicted octanol–water partition coefficient (Wildman–Crippen LogP) is 2.95. The first-order valence-electron chi connectivity index (χ1n) is 9.34. The molecule has 148 valence electrons. The molecule has 1 aliphatic carbocycles. The molecular formula is C22H21N3O4. The van der Waals surface area contributed by atoms with Crippen molar-refractivity contribution >= 4 is 12.1 Å². The number of ether oxygens (including phenoxy) is 1. The zero-order valence-corrected chi connectivity index (χ0v) is 15.9. The van der Waals surface area contributed by atoms with Gasteiger partial charge in [-0.15, -0.1) is 0 Å². The molecule has 7 heteroatoms. The molecule has 2 aromatic carbocycles. The Balaban J connectivity index is 1.43. The van der Waals surface area contributed by atoms with Crippen molar-refractivity contribution in [1.82, 2.24) is 14.9 Å². The molecule has 0 unspecified atom stereocenters. The van der Waals surface area contributed by atoms with Crippen LogP contribution in [-0.2, 0) is 23.0 Å². The first kappa shape index (κ1) is 18.7. The van der Waals surface area contributed by atoms with Crippen LogP contribution < -0.4 is 5.32 Å². The van der Waals surface area contributed by atoms with Gasteiger partial charge in [0.15, 0.2) is 0 Å². The number of carbonyl (C=O) groups excluding carboxylic acids is 1. The minimum Gasteiger partial charge on any atom is -0.480 e. The quantitative estimate of drug-likeness (QED) is 0.674. The fraction of sp³-hybridized carbons (Fsp3) is 0.227. The first-order valence-corrected chi connectivity index (χ1v) is 9.34. The Bertz CT molecular complexity index is 1010. The summed E-state index contributed by atoms with van der Waals surface area (Å²) in [5, 5.41) is 11.9. The highest BCUT2D eigenvalue weighted by Gasteiger charge is 2.29. The summed E-state index contributed by atoms with van der Waals surface area (Å²) in [7, 11) is 1.80. The van der Waals surface area contributed by atoms with Crippen LogP contribution in [0.1, 0.15) is 22.7 Å². The number of rotatable bonds is 6. The van der Waals surface area contributed by atoms with E-state index in [-0.39, 0.29) is 18.9 Å². The number of nitrogens with one attached hydrogen (secondary N) is 1. The average molecular weight is 391 g/mol. The maximum atomic E-state index is 12.3. The minimum atomic E-state index is -1.14. The van der Waals surface area contributed by atoms with Gasteiger partial charge in [0, 0.05) is 25.6 Å². The normalized spacial score (nSPS) is 13.4. The average Bonchev–Trinajstić information content (AvgIpc) is 3.27. The van der Waals surface area contributed by atoms with Gasteiger partial charge >= 0.3 is 12.1 Å². The highest BCUT2D eigenvalue weighted by Crippen LogP contribution is 2.44. The third kappa shape index (κ3) is 3.85. The van der Waals surface area contributed by atoms with Crippen molar-refractivity contribution in [2.45, 2.75) is 18.4 Å². The molecule has 29 heavy (non-hydrogen) atoms. The number of benzene rings is 2. The van der Waals surface area contributed by atoms with E-state index in [1.54, 1.807) is 24.1 Å². The summed E-state index contributed by atoms with van der Waals surface area (Å²) < 4.78 is 7.15. The Morgan fingerprint density at radius 3 is 2.31 bits per heavy atom. The summed E-state index contributed by atoms with van der Waals surface area (Å²) in [4.78, 5) is 28.0. The number of imidazole rings is 1. The molecule has 1 atom stereocenters. The Morgan fingerprint density at radius 2 is 1.76 bits per heavy atom. The van der Waals surface area contributed by atoms with E-state index < -0.39 is 18.1 Å². The smallest absolute Gasteiger partial charge is 0.407 e. The maximum absolute atomic E-state index is 12.3. The minimum absolute atomic E-state index is 0.0766. The van der Waals surface area contributed by atoms with Gasteiger partial charge in [-0.2, -0.15) is 0 Å². The monoisotopic (exact) mass is 391 g/mol. The van der Waals surface area contributed by atoms with Gasteiger partial charge in [-0.05, 0) is 22.3 Å². The molecule has 4 rings (SSSR count). The van der Waals surface area contributed by atoms with E-state index >= 15 is 0 Å². The number of fused-ring (bicyclic) bond motifs is 3. The van der Waals surface area contributed by atoms with Crippen molar-refractivity contribution < 1.29 is 19.4 Å². The number of carboxylic acids is 1. The molecule has 7 nitrogen and oxygen atoms in total. The number of aliphatic carboxylic acids is 1. The summed E-state index contributed by atoms with van der Waals surface area (Å²) in [5.74, 6) is -1.21. The van der Waals surface area contributed by atoms with Gasteiger partial charge in [-0.3, -0.25) is 0 Å². The molecule has 0 aliphatic heterocycles. The Hall–Kier alpha value is -3.61. The number of nitrogens with zero attached hydrogens (tertiary/aromatic N) is 2. The lowest BCUT2D eigenvalue weighted by atomic mass is 9.98. The van der Waals surface area contributed by atoms with Gasteiger partial charge in [0.25, 0.3) is 0 Å². The van der Waals surface area contributed by atoms with Crippen molar-refractivity contribution in [3.8, 4) is 11.1 Å². The summed E-state index contributed by atoms with van der Waals surface area (Å²) in [6.45, 7) is 0.135. The van der Waals surface area contributed by atoms with Crippen LogP contribution in [-0.4, -0.2) is 39.4 Å². The van der Waals surface area contributed by atoms with Crippen LogP contribution in [0.25, 0.3) is 11.1 Å². The summed E-state index contributed by atoms with van der Waals surface area (Å²) in [6, 6.07) is 15.0. The summed E-state index contributed by atoms with van der Waals surface area (Å²) in [5.41, 5.74) is 5.06. The highest BCUT2D eigenvalue weighted by molar-refractivity contribution is 5.81. The van der Waals surface area contributed by atoms with E-state index in [4.69, 9.17) is 4.74 Å². The second kappa shape index (κ2) is 7.79. The molecule has 3 aromatic rings. The Kier molecular flexibility index (Phi) is 5.03. The molecule has 2 N–H and O–H groups in total. The lowest BCUT2D eigenvalue weighted by molar-refractivity contribution is -0.139. The molecular weight excluding hydrogens is 370 g/mol. The van der Waals surface area contributed by atoms with Crippen LogP contribution in [0.3, 0.4) is 0 Å². The second-order valence-electron chi connectivity index (χ2n) is 7.10. The third-order valence-electron chi connectivity index (χ3n) is 5.11. The van der Waals surface area contributed by atoms with E-state index in [2.05, 4.69) is 22.4 Å². The third-order valence-corrected chi connectivity index (χ3v) is 5.11. The maximum Gasteiger partial charge on any atom is 0.407 e. The van der Waals surface area contributed by atoms with E-state index in [1.807, 2.05) is 36.4 Å². The molecule has 0 spiro atoms. The molecule has 0 saturated heterocycles. The van der Waals surface area contributed by atoms with Crippen LogP contribution in [0, 0.1) is 0 Å². The van der Waals surface area contributed by atoms with E-state index in [0.29, 0.717) is 5.69 Å². The van der Waals surface area contributed by atoms with Crippen LogP contribution >= 0.6 is 0 Å². The van der Waals surface area contributed by atoms with E-state index in [9.17, 15) is 14.7 Å². The lowest BCUT2D eigenvalue weighted by Gasteiger charge is -2.17. The van der Waals surface area contributed by atoms with Crippen molar-refractivity contribution in [3.05, 3.63) is 77.9 Å². The molecule has 1 heterocycles. The molecule has 0 radical (unpaired) electrons. The van der Waals surface area contributed by atoms with Crippen molar-refractivity contribution in [3.63, 3.8) is 0 Å². The zero-order valence-electron chi connectivity index (χ0n) is 15.9. The number of carboxylic acid groups (broad SMARTS) is 1. The predicted molar refractivity (Wildman–Crippen MR) is 107 cm³/mol. The van der Waals surface area contributed by atoms with Crippen LogP contribution in [0.2, 0.25) is 0 Å². The Labute approximate surface area is 168 Å². The van der Waals surface area contributed by atoms with E-state index in [1.165, 1.54) is 0 Å². The zero-order chi connectivity index (χ0) is 20.4. The number of carbonyl (C=O) groups is 2. The second-order valence-corrected chi connectivity index (χ2v) is 7.10. The number of hydrogen-bond donors (Lipinski definition) is 2. The highest BCUT2D eigenvalue weighted by atomic mass is 16.5. The van der Waals surface area contributed by atoms with Crippen molar-refractivity contribution in [2.24, 2.45) is 7.05 Å². The first-order chi connectivity index (χ1) is 14.0. The van der Waals surface area contributed by atoms with Gasteiger partial charge in [0.1, 0.15) is 12.6 Å². The van der Waals surface area contributed by atoms with Crippen LogP contribution in [0.4, 0.5) is 4.79 Å². The largest absolute Gasteiger partial charge is 0.480 e. The molecule has 1 aliphatic rings. The number of alkyl carbamates (subject to hydrolysis) is 1. The molecule has 0 fully saturated rings. The Morgan fingerprint density at radius 1 is 1.14 bits per heavy atom. The van der Waals surface area contributed by atoms with Crippen molar-refractivity contribution in [1.29, 1.82) is 0 Å². The SMILES string of the molecule is Cn1cnc(C[C@@H](NC(=O)OCC2c3ccccc3-c3ccccc32)C(=O)O)c1. The number of amides is 1. The van der Waals surface area contributed by atoms with Gasteiger partial charge < -0.3 is 19.7 Å². The van der Waals surface area contributed by atoms with Gasteiger partial charge in [-0.1, -0.05) is 48.5 Å². The fourth-order valence-corrected chi connectivity index (χ4v) is 3.76. The van der Waals surface area contributed by atoms with Crippen LogP contribution in [0.5, 0.6) is 0 Å². The van der Waals surface area contributed by atoms with Gasteiger partial charge in [0.2, 0.25) is 0 Å². The summed E-state index contributed by atoms with van der Waals surface area (Å²) >= 11 is 0. The number of aromatic nitrogens is 2. The molecule has 0 bridgehead atoms. The summed E-state index contributed by atoms with van der Waals surface area (Å²) in [6.07, 6.45) is 2.63. The van der Waals surface area contributed by atoms with Gasteiger partial charge in [-0.25, -0.2) is 14.6 Å². The standard InChI is InChI=1S/C22H21N3O4/c1-25-11-14(23-13-25)10-20(21(26)27)24-22(28)29-12-19-17-8-4-2-6-15(17)16-7-3-5-9-18(16)19/h2-9,11,13,19-20H,10,12H2,1H3,(H,24,28)(H,26,27)/t20-/m1/s1. The van der Waals surface area contributed by atoms with E-state index in [0.717, 1.165) is 22.3 Å². The number of aryl methyl sites for hydroxylation is 1. The number of hydrogen-bond acceptors (Lipinski definition) is 4. The van der Waals surface area contributed by atoms with Gasteiger partial charge in [0.05, 0.1) is 12.0 Å². The fourth-order valence-electron chi connectivity index (χ4n) is 3.76. The van der Waals surface area contributed by atoms with Crippen LogP contribution in [0.15, 0.2) is 61.1 Å². The van der Waals surface area contributed by atoms with Crippen molar-refractivity contribution in [2.75, 3.05) is 6.61 Å². The lowest BCUT2D eigenvalue weighted by Crippen LogP contribution is -2.43. The molecule has 0 saturated carbocycles. The molecule has 1 amide bonds.